The molecule has 0 aromatic heterocycles. The first kappa shape index (κ1) is 18.2. The zero-order valence-corrected chi connectivity index (χ0v) is 14.5. The van der Waals surface area contributed by atoms with Crippen LogP contribution in [0.15, 0.2) is 23.8 Å². The molecule has 0 aromatic rings. The molecule has 6 atom stereocenters. The van der Waals surface area contributed by atoms with Crippen LogP contribution in [-0.2, 0) is 4.79 Å². The number of rotatable bonds is 2. The largest absolute Gasteiger partial charge is 0.392 e. The maximum absolute atomic E-state index is 10.4. The van der Waals surface area contributed by atoms with Gasteiger partial charge < -0.3 is 5.11 Å². The Hall–Kier alpha value is -0.890. The predicted octanol–water partition coefficient (Wildman–Crippen LogP) is 4.39. The molecule has 0 saturated carbocycles. The lowest BCUT2D eigenvalue weighted by Gasteiger charge is -2.39. The van der Waals surface area contributed by atoms with E-state index in [0.29, 0.717) is 29.5 Å². The van der Waals surface area contributed by atoms with Crippen LogP contribution < -0.4 is 0 Å². The lowest BCUT2D eigenvalue weighted by molar-refractivity contribution is -0.120. The summed E-state index contributed by atoms with van der Waals surface area (Å²) >= 11 is 0. The van der Waals surface area contributed by atoms with E-state index in [9.17, 15) is 9.90 Å². The van der Waals surface area contributed by atoms with Crippen molar-refractivity contribution in [2.45, 2.75) is 60.5 Å². The van der Waals surface area contributed by atoms with Crippen LogP contribution in [0.2, 0.25) is 0 Å². The summed E-state index contributed by atoms with van der Waals surface area (Å²) in [5.41, 5.74) is 1.36. The van der Waals surface area contributed by atoms with Gasteiger partial charge in [-0.1, -0.05) is 52.8 Å². The predicted molar refractivity (Wildman–Crippen MR) is 89.0 cm³/mol. The summed E-state index contributed by atoms with van der Waals surface area (Å²) in [6.07, 6.45) is 8.59. The molecule has 0 bridgehead atoms. The zero-order chi connectivity index (χ0) is 16.2. The highest BCUT2D eigenvalue weighted by Crippen LogP contribution is 2.40. The highest BCUT2D eigenvalue weighted by Gasteiger charge is 2.35. The van der Waals surface area contributed by atoms with Gasteiger partial charge in [-0.3, -0.25) is 4.79 Å². The lowest BCUT2D eigenvalue weighted by atomic mass is 9.68. The molecule has 2 nitrogen and oxygen atoms in total. The van der Waals surface area contributed by atoms with Crippen LogP contribution in [0.1, 0.15) is 54.4 Å². The fraction of sp³-hybridized carbons (Fsp3) is 0.737. The molecule has 0 amide bonds. The molecule has 2 aliphatic rings. The Balaban J connectivity index is 0.000000270. The number of ketones is 1. The maximum Gasteiger partial charge on any atom is 0.132 e. The normalized spacial score (nSPS) is 36.0. The van der Waals surface area contributed by atoms with Crippen molar-refractivity contribution in [1.82, 2.24) is 0 Å². The molecule has 2 aliphatic carbocycles. The number of hydrogen-bond acceptors (Lipinski definition) is 2. The third-order valence-corrected chi connectivity index (χ3v) is 5.18. The van der Waals surface area contributed by atoms with Gasteiger partial charge in [-0.05, 0) is 43.1 Å². The fourth-order valence-electron chi connectivity index (χ4n) is 3.13. The van der Waals surface area contributed by atoms with Crippen molar-refractivity contribution >= 4 is 5.78 Å². The van der Waals surface area contributed by atoms with Crippen LogP contribution in [-0.4, -0.2) is 17.0 Å². The van der Waals surface area contributed by atoms with Gasteiger partial charge in [-0.15, -0.1) is 0 Å². The number of carbonyl (C=O) groups is 1. The number of allylic oxidation sites excluding steroid dienone is 3. The van der Waals surface area contributed by atoms with Gasteiger partial charge in [0.15, 0.2) is 0 Å². The van der Waals surface area contributed by atoms with Gasteiger partial charge in [0.2, 0.25) is 0 Å². The summed E-state index contributed by atoms with van der Waals surface area (Å²) in [5, 5.41) is 10.1. The van der Waals surface area contributed by atoms with E-state index in [1.807, 2.05) is 13.8 Å². The topological polar surface area (TPSA) is 37.3 Å². The maximum atomic E-state index is 10.4. The first-order valence-electron chi connectivity index (χ1n) is 8.36. The molecule has 2 rings (SSSR count). The van der Waals surface area contributed by atoms with Gasteiger partial charge in [0.05, 0.1) is 6.10 Å². The molecule has 0 spiro atoms. The number of Topliss-reactive ketones (excluding diaryl/α,β-unsaturated/α-hetero) is 1. The van der Waals surface area contributed by atoms with Crippen molar-refractivity contribution in [1.29, 1.82) is 0 Å². The van der Waals surface area contributed by atoms with E-state index in [4.69, 9.17) is 0 Å². The highest BCUT2D eigenvalue weighted by atomic mass is 16.3. The SMILES string of the molecule is CC1C=C2C=CC(C)C(C)C2C(O)C1.CCC(C)C(C)=O. The molecule has 120 valence electrons. The average Bonchev–Trinajstić information content (AvgIpc) is 2.42. The number of aliphatic hydroxyl groups excluding tert-OH is 1. The summed E-state index contributed by atoms with van der Waals surface area (Å²) < 4.78 is 0. The third-order valence-electron chi connectivity index (χ3n) is 5.18. The van der Waals surface area contributed by atoms with Crippen molar-refractivity contribution in [2.75, 3.05) is 0 Å². The number of fused-ring (bicyclic) bond motifs is 1. The first-order chi connectivity index (χ1) is 9.77. The minimum Gasteiger partial charge on any atom is -0.392 e. The third kappa shape index (κ3) is 4.81. The van der Waals surface area contributed by atoms with Gasteiger partial charge in [-0.2, -0.15) is 0 Å². The Morgan fingerprint density at radius 3 is 2.48 bits per heavy atom. The molecule has 0 radical (unpaired) electrons. The number of hydrogen-bond donors (Lipinski definition) is 1. The molecule has 21 heavy (non-hydrogen) atoms. The molecule has 0 heterocycles. The van der Waals surface area contributed by atoms with E-state index < -0.39 is 0 Å². The Morgan fingerprint density at radius 1 is 1.38 bits per heavy atom. The van der Waals surface area contributed by atoms with E-state index in [-0.39, 0.29) is 12.0 Å². The van der Waals surface area contributed by atoms with E-state index in [2.05, 4.69) is 39.0 Å². The Bertz CT molecular complexity index is 408. The molecule has 0 saturated heterocycles. The van der Waals surface area contributed by atoms with E-state index in [1.54, 1.807) is 6.92 Å². The fourth-order valence-corrected chi connectivity index (χ4v) is 3.13. The lowest BCUT2D eigenvalue weighted by Crippen LogP contribution is -2.36. The van der Waals surface area contributed by atoms with Crippen molar-refractivity contribution in [3.8, 4) is 0 Å². The molecular weight excluding hydrogens is 260 g/mol. The van der Waals surface area contributed by atoms with Crippen LogP contribution in [0.5, 0.6) is 0 Å². The second kappa shape index (κ2) is 7.93. The smallest absolute Gasteiger partial charge is 0.132 e. The molecule has 2 heteroatoms. The molecule has 6 unspecified atom stereocenters. The highest BCUT2D eigenvalue weighted by molar-refractivity contribution is 5.77. The summed E-state index contributed by atoms with van der Waals surface area (Å²) in [6, 6.07) is 0. The van der Waals surface area contributed by atoms with Crippen LogP contribution in [0.4, 0.5) is 0 Å². The van der Waals surface area contributed by atoms with Crippen molar-refractivity contribution in [2.24, 2.45) is 29.6 Å². The summed E-state index contributed by atoms with van der Waals surface area (Å²) in [7, 11) is 0. The van der Waals surface area contributed by atoms with Crippen molar-refractivity contribution in [3.05, 3.63) is 23.8 Å². The average molecular weight is 292 g/mol. The van der Waals surface area contributed by atoms with Gasteiger partial charge in [-0.25, -0.2) is 0 Å². The number of aliphatic hydroxyl groups is 1. The van der Waals surface area contributed by atoms with Gasteiger partial charge in [0, 0.05) is 11.8 Å². The van der Waals surface area contributed by atoms with Crippen molar-refractivity contribution in [3.63, 3.8) is 0 Å². The summed E-state index contributed by atoms with van der Waals surface area (Å²) in [6.45, 7) is 12.3. The molecule has 0 aliphatic heterocycles. The molecular formula is C19H32O2. The molecule has 1 N–H and O–H groups in total. The zero-order valence-electron chi connectivity index (χ0n) is 14.5. The van der Waals surface area contributed by atoms with Crippen LogP contribution >= 0.6 is 0 Å². The Kier molecular flexibility index (Phi) is 6.86. The van der Waals surface area contributed by atoms with E-state index >= 15 is 0 Å². The van der Waals surface area contributed by atoms with Gasteiger partial charge in [0.25, 0.3) is 0 Å². The second-order valence-corrected chi connectivity index (χ2v) is 6.97. The minimum atomic E-state index is -0.132. The van der Waals surface area contributed by atoms with Crippen LogP contribution in [0.25, 0.3) is 0 Å². The van der Waals surface area contributed by atoms with Crippen molar-refractivity contribution < 1.29 is 9.90 Å². The van der Waals surface area contributed by atoms with Gasteiger partial charge in [0.1, 0.15) is 5.78 Å². The Labute approximate surface area is 130 Å². The second-order valence-electron chi connectivity index (χ2n) is 6.97. The standard InChI is InChI=1S/C13H20O.C6H12O/c1-8-6-11-5-4-9(2)10(3)13(11)12(14)7-8;1-4-5(2)6(3)7/h4-6,8-10,12-14H,7H2,1-3H3;5H,4H2,1-3H3. The minimum absolute atomic E-state index is 0.132. The van der Waals surface area contributed by atoms with Gasteiger partial charge >= 0.3 is 0 Å². The van der Waals surface area contributed by atoms with E-state index in [1.165, 1.54) is 5.57 Å². The summed E-state index contributed by atoms with van der Waals surface area (Å²) in [5.74, 6) is 2.64. The summed E-state index contributed by atoms with van der Waals surface area (Å²) in [4.78, 5) is 10.4. The van der Waals surface area contributed by atoms with E-state index in [0.717, 1.165) is 12.8 Å². The van der Waals surface area contributed by atoms with Crippen LogP contribution in [0, 0.1) is 29.6 Å². The Morgan fingerprint density at radius 2 is 2.00 bits per heavy atom. The number of carbonyl (C=O) groups excluding carboxylic acids is 1. The molecule has 0 fully saturated rings. The molecule has 0 aromatic carbocycles. The first-order valence-corrected chi connectivity index (χ1v) is 8.36. The monoisotopic (exact) mass is 292 g/mol. The van der Waals surface area contributed by atoms with Crippen LogP contribution in [0.3, 0.4) is 0 Å². The quantitative estimate of drug-likeness (QED) is 0.819.